The standard InChI is InChI=1S/C20H30N2O3/c1-2-25-19-9-4-3-8-18(19)20(23)22-11-6-5-7-17(22)10-12-21-13-15-24-16-14-21/h3-4,8-9,17H,2,5-7,10-16H2,1H3/t17-/m0/s1. The highest BCUT2D eigenvalue weighted by molar-refractivity contribution is 5.97. The molecule has 2 saturated heterocycles. The summed E-state index contributed by atoms with van der Waals surface area (Å²) in [6.07, 6.45) is 4.46. The van der Waals surface area contributed by atoms with Crippen molar-refractivity contribution in [2.45, 2.75) is 38.6 Å². The van der Waals surface area contributed by atoms with E-state index in [2.05, 4.69) is 9.80 Å². The molecular weight excluding hydrogens is 316 g/mol. The fourth-order valence-corrected chi connectivity index (χ4v) is 3.80. The van der Waals surface area contributed by atoms with Crippen LogP contribution in [0.5, 0.6) is 5.75 Å². The second-order valence-corrected chi connectivity index (χ2v) is 6.82. The Morgan fingerprint density at radius 2 is 2.00 bits per heavy atom. The summed E-state index contributed by atoms with van der Waals surface area (Å²) < 4.78 is 11.1. The third-order valence-electron chi connectivity index (χ3n) is 5.19. The number of hydrogen-bond acceptors (Lipinski definition) is 4. The molecule has 0 unspecified atom stereocenters. The zero-order chi connectivity index (χ0) is 17.5. The van der Waals surface area contributed by atoms with Crippen LogP contribution in [0, 0.1) is 0 Å². The number of para-hydroxylation sites is 1. The van der Waals surface area contributed by atoms with Crippen molar-refractivity contribution < 1.29 is 14.3 Å². The van der Waals surface area contributed by atoms with Crippen LogP contribution >= 0.6 is 0 Å². The van der Waals surface area contributed by atoms with Crippen molar-refractivity contribution in [3.05, 3.63) is 29.8 Å². The normalized spacial score (nSPS) is 22.0. The molecule has 0 bridgehead atoms. The molecule has 1 aromatic carbocycles. The van der Waals surface area contributed by atoms with Gasteiger partial charge in [0.2, 0.25) is 0 Å². The van der Waals surface area contributed by atoms with Crippen LogP contribution in [0.3, 0.4) is 0 Å². The van der Waals surface area contributed by atoms with Crippen molar-refractivity contribution in [2.24, 2.45) is 0 Å². The van der Waals surface area contributed by atoms with Gasteiger partial charge in [-0.25, -0.2) is 0 Å². The molecule has 0 saturated carbocycles. The summed E-state index contributed by atoms with van der Waals surface area (Å²) in [6.45, 7) is 8.10. The lowest BCUT2D eigenvalue weighted by Gasteiger charge is -2.37. The third kappa shape index (κ3) is 4.73. The quantitative estimate of drug-likeness (QED) is 0.794. The zero-order valence-corrected chi connectivity index (χ0v) is 15.3. The lowest BCUT2D eigenvalue weighted by Crippen LogP contribution is -2.46. The van der Waals surface area contributed by atoms with Crippen LogP contribution in [0.2, 0.25) is 0 Å². The number of benzene rings is 1. The Hall–Kier alpha value is -1.59. The molecule has 138 valence electrons. The van der Waals surface area contributed by atoms with Crippen molar-refractivity contribution >= 4 is 5.91 Å². The number of nitrogens with zero attached hydrogens (tertiary/aromatic N) is 2. The van der Waals surface area contributed by atoms with Crippen LogP contribution in [0.25, 0.3) is 0 Å². The van der Waals surface area contributed by atoms with E-state index in [0.29, 0.717) is 24.0 Å². The van der Waals surface area contributed by atoms with Crippen molar-refractivity contribution in [1.82, 2.24) is 9.80 Å². The zero-order valence-electron chi connectivity index (χ0n) is 15.3. The van der Waals surface area contributed by atoms with Crippen LogP contribution in [0.1, 0.15) is 43.0 Å². The Labute approximate surface area is 150 Å². The van der Waals surface area contributed by atoms with E-state index < -0.39 is 0 Å². The summed E-state index contributed by atoms with van der Waals surface area (Å²) in [6, 6.07) is 7.96. The average Bonchev–Trinajstić information content (AvgIpc) is 2.68. The minimum Gasteiger partial charge on any atom is -0.493 e. The highest BCUT2D eigenvalue weighted by Gasteiger charge is 2.29. The Morgan fingerprint density at radius 3 is 2.80 bits per heavy atom. The van der Waals surface area contributed by atoms with E-state index in [9.17, 15) is 4.79 Å². The second-order valence-electron chi connectivity index (χ2n) is 6.82. The van der Waals surface area contributed by atoms with Gasteiger partial charge >= 0.3 is 0 Å². The fourth-order valence-electron chi connectivity index (χ4n) is 3.80. The number of hydrogen-bond donors (Lipinski definition) is 0. The SMILES string of the molecule is CCOc1ccccc1C(=O)N1CCCC[C@H]1CCN1CCOCC1. The molecule has 0 aromatic heterocycles. The van der Waals surface area contributed by atoms with Crippen LogP contribution in [0.15, 0.2) is 24.3 Å². The van der Waals surface area contributed by atoms with E-state index in [4.69, 9.17) is 9.47 Å². The number of carbonyl (C=O) groups is 1. The van der Waals surface area contributed by atoms with Crippen molar-refractivity contribution in [3.63, 3.8) is 0 Å². The van der Waals surface area contributed by atoms with Crippen LogP contribution in [-0.2, 0) is 4.74 Å². The number of carbonyl (C=O) groups excluding carboxylic acids is 1. The summed E-state index contributed by atoms with van der Waals surface area (Å²) in [5, 5.41) is 0. The van der Waals surface area contributed by atoms with Gasteiger partial charge in [0.25, 0.3) is 5.91 Å². The van der Waals surface area contributed by atoms with E-state index in [1.165, 1.54) is 6.42 Å². The molecule has 1 atom stereocenters. The Kier molecular flexibility index (Phi) is 6.70. The largest absolute Gasteiger partial charge is 0.493 e. The highest BCUT2D eigenvalue weighted by atomic mass is 16.5. The molecule has 3 rings (SSSR count). The maximum absolute atomic E-state index is 13.2. The first-order chi connectivity index (χ1) is 12.3. The molecule has 0 N–H and O–H groups in total. The maximum atomic E-state index is 13.2. The van der Waals surface area contributed by atoms with Crippen LogP contribution < -0.4 is 4.74 Å². The van der Waals surface area contributed by atoms with E-state index in [1.807, 2.05) is 31.2 Å². The summed E-state index contributed by atoms with van der Waals surface area (Å²) >= 11 is 0. The Balaban J connectivity index is 1.66. The molecule has 2 heterocycles. The summed E-state index contributed by atoms with van der Waals surface area (Å²) in [7, 11) is 0. The first-order valence-electron chi connectivity index (χ1n) is 9.62. The Bertz CT molecular complexity index is 558. The average molecular weight is 346 g/mol. The minimum atomic E-state index is 0.121. The van der Waals surface area contributed by atoms with Crippen molar-refractivity contribution in [2.75, 3.05) is 46.0 Å². The molecule has 0 radical (unpaired) electrons. The molecular formula is C20H30N2O3. The van der Waals surface area contributed by atoms with E-state index in [0.717, 1.165) is 58.7 Å². The van der Waals surface area contributed by atoms with Gasteiger partial charge in [-0.3, -0.25) is 9.69 Å². The molecule has 1 amide bonds. The topological polar surface area (TPSA) is 42.0 Å². The molecule has 5 nitrogen and oxygen atoms in total. The molecule has 0 aliphatic carbocycles. The van der Waals surface area contributed by atoms with Gasteiger partial charge in [0.15, 0.2) is 0 Å². The minimum absolute atomic E-state index is 0.121. The number of amides is 1. The number of likely N-dealkylation sites (tertiary alicyclic amines) is 1. The highest BCUT2D eigenvalue weighted by Crippen LogP contribution is 2.26. The summed E-state index contributed by atoms with van der Waals surface area (Å²) in [5.74, 6) is 0.822. The number of morpholine rings is 1. The predicted molar refractivity (Wildman–Crippen MR) is 98.2 cm³/mol. The molecule has 2 aliphatic heterocycles. The fraction of sp³-hybridized carbons (Fsp3) is 0.650. The van der Waals surface area contributed by atoms with E-state index >= 15 is 0 Å². The van der Waals surface area contributed by atoms with Gasteiger partial charge in [-0.15, -0.1) is 0 Å². The molecule has 0 spiro atoms. The van der Waals surface area contributed by atoms with Gasteiger partial charge in [0.1, 0.15) is 5.75 Å². The van der Waals surface area contributed by atoms with Crippen molar-refractivity contribution in [3.8, 4) is 5.75 Å². The molecule has 1 aromatic rings. The number of rotatable bonds is 6. The molecule has 25 heavy (non-hydrogen) atoms. The van der Waals surface area contributed by atoms with Gasteiger partial charge in [0.05, 0.1) is 25.4 Å². The van der Waals surface area contributed by atoms with Gasteiger partial charge in [-0.2, -0.15) is 0 Å². The maximum Gasteiger partial charge on any atom is 0.257 e. The van der Waals surface area contributed by atoms with Gasteiger partial charge in [0, 0.05) is 32.2 Å². The van der Waals surface area contributed by atoms with Crippen LogP contribution in [0.4, 0.5) is 0 Å². The first kappa shape index (κ1) is 18.2. The Morgan fingerprint density at radius 1 is 1.20 bits per heavy atom. The van der Waals surface area contributed by atoms with Gasteiger partial charge in [-0.05, 0) is 44.7 Å². The smallest absolute Gasteiger partial charge is 0.257 e. The monoisotopic (exact) mass is 346 g/mol. The van der Waals surface area contributed by atoms with Crippen LogP contribution in [-0.4, -0.2) is 67.7 Å². The van der Waals surface area contributed by atoms with Gasteiger partial charge < -0.3 is 14.4 Å². The molecule has 5 heteroatoms. The second kappa shape index (κ2) is 9.20. The lowest BCUT2D eigenvalue weighted by atomic mass is 9.97. The molecule has 2 aliphatic rings. The van der Waals surface area contributed by atoms with E-state index in [-0.39, 0.29) is 5.91 Å². The first-order valence-corrected chi connectivity index (χ1v) is 9.62. The predicted octanol–water partition coefficient (Wildman–Crippen LogP) is 2.80. The van der Waals surface area contributed by atoms with Gasteiger partial charge in [-0.1, -0.05) is 12.1 Å². The molecule has 2 fully saturated rings. The number of piperidine rings is 1. The number of ether oxygens (including phenoxy) is 2. The summed E-state index contributed by atoms with van der Waals surface area (Å²) in [4.78, 5) is 17.7. The third-order valence-corrected chi connectivity index (χ3v) is 5.19. The van der Waals surface area contributed by atoms with E-state index in [1.54, 1.807) is 0 Å². The summed E-state index contributed by atoms with van der Waals surface area (Å²) in [5.41, 5.74) is 0.697. The van der Waals surface area contributed by atoms with Crippen molar-refractivity contribution in [1.29, 1.82) is 0 Å². The lowest BCUT2D eigenvalue weighted by molar-refractivity contribution is 0.0295.